The minimum atomic E-state index is -3.51. The van der Waals surface area contributed by atoms with Gasteiger partial charge in [-0.25, -0.2) is 13.1 Å². The maximum Gasteiger partial charge on any atom is 0.251 e. The van der Waals surface area contributed by atoms with Crippen molar-refractivity contribution in [1.82, 2.24) is 15.4 Å². The molecule has 116 valence electrons. The van der Waals surface area contributed by atoms with E-state index in [-0.39, 0.29) is 10.8 Å². The maximum absolute atomic E-state index is 12.1. The Balaban J connectivity index is 1.93. The normalized spacial score (nSPS) is 18.6. The minimum absolute atomic E-state index is 0.175. The molecule has 1 aliphatic rings. The predicted octanol–water partition coefficient (Wildman–Crippen LogP) is 0.467. The third-order valence-corrected chi connectivity index (χ3v) is 5.08. The first-order valence-electron chi connectivity index (χ1n) is 7.08. The average Bonchev–Trinajstić information content (AvgIpc) is 2.99. The van der Waals surface area contributed by atoms with E-state index in [1.54, 1.807) is 0 Å². The molecule has 1 atom stereocenters. The topological polar surface area (TPSA) is 87.3 Å². The highest BCUT2D eigenvalue weighted by atomic mass is 32.2. The molecule has 0 aliphatic carbocycles. The van der Waals surface area contributed by atoms with E-state index in [2.05, 4.69) is 15.4 Å². The SMILES string of the molecule is CNC(=O)c1ccc(S(=O)(=O)NCC[C@@H]2CCCN2)cc1. The lowest BCUT2D eigenvalue weighted by Crippen LogP contribution is -2.30. The summed E-state index contributed by atoms with van der Waals surface area (Å²) in [5.74, 6) is -0.237. The Bertz CT molecular complexity index is 578. The molecule has 1 aromatic carbocycles. The Kier molecular flexibility index (Phi) is 5.33. The molecular formula is C14H21N3O3S. The molecule has 0 spiro atoms. The van der Waals surface area contributed by atoms with Crippen LogP contribution in [-0.4, -0.2) is 40.5 Å². The lowest BCUT2D eigenvalue weighted by atomic mass is 10.2. The summed E-state index contributed by atoms with van der Waals surface area (Å²) in [4.78, 5) is 11.6. The zero-order chi connectivity index (χ0) is 15.3. The van der Waals surface area contributed by atoms with E-state index in [0.29, 0.717) is 18.2 Å². The van der Waals surface area contributed by atoms with Crippen LogP contribution in [0.4, 0.5) is 0 Å². The Hall–Kier alpha value is -1.44. The van der Waals surface area contributed by atoms with E-state index in [4.69, 9.17) is 0 Å². The van der Waals surface area contributed by atoms with Crippen molar-refractivity contribution in [3.63, 3.8) is 0 Å². The van der Waals surface area contributed by atoms with Crippen molar-refractivity contribution in [3.05, 3.63) is 29.8 Å². The minimum Gasteiger partial charge on any atom is -0.355 e. The van der Waals surface area contributed by atoms with E-state index in [1.165, 1.54) is 31.3 Å². The first kappa shape index (κ1) is 15.9. The summed E-state index contributed by atoms with van der Waals surface area (Å²) in [6.45, 7) is 1.43. The van der Waals surface area contributed by atoms with Crippen LogP contribution < -0.4 is 15.4 Å². The largest absolute Gasteiger partial charge is 0.355 e. The summed E-state index contributed by atoms with van der Waals surface area (Å²) in [7, 11) is -1.98. The van der Waals surface area contributed by atoms with Gasteiger partial charge in [0, 0.05) is 25.2 Å². The van der Waals surface area contributed by atoms with Crippen molar-refractivity contribution < 1.29 is 13.2 Å². The number of carbonyl (C=O) groups excluding carboxylic acids is 1. The molecule has 1 aromatic rings. The molecule has 0 bridgehead atoms. The van der Waals surface area contributed by atoms with Crippen LogP contribution in [0.25, 0.3) is 0 Å². The molecule has 21 heavy (non-hydrogen) atoms. The fourth-order valence-corrected chi connectivity index (χ4v) is 3.43. The van der Waals surface area contributed by atoms with Crippen LogP contribution in [0.15, 0.2) is 29.2 Å². The van der Waals surface area contributed by atoms with Gasteiger partial charge in [-0.3, -0.25) is 4.79 Å². The monoisotopic (exact) mass is 311 g/mol. The standard InChI is InChI=1S/C14H21N3O3S/c1-15-14(18)11-4-6-13(7-5-11)21(19,20)17-10-8-12-3-2-9-16-12/h4-7,12,16-17H,2-3,8-10H2,1H3,(H,15,18)/t12-/m0/s1. The number of carbonyl (C=O) groups is 1. The number of nitrogens with one attached hydrogen (secondary N) is 3. The molecule has 1 fully saturated rings. The van der Waals surface area contributed by atoms with Gasteiger partial charge in [0.25, 0.3) is 5.91 Å². The van der Waals surface area contributed by atoms with Gasteiger partial charge in [0.1, 0.15) is 0 Å². The number of sulfonamides is 1. The average molecular weight is 311 g/mol. The lowest BCUT2D eigenvalue weighted by Gasteiger charge is -2.11. The fraction of sp³-hybridized carbons (Fsp3) is 0.500. The van der Waals surface area contributed by atoms with Crippen LogP contribution in [-0.2, 0) is 10.0 Å². The molecule has 1 amide bonds. The molecular weight excluding hydrogens is 290 g/mol. The van der Waals surface area contributed by atoms with Crippen molar-refractivity contribution in [2.45, 2.75) is 30.2 Å². The molecule has 0 aromatic heterocycles. The zero-order valence-corrected chi connectivity index (χ0v) is 12.9. The second-order valence-corrected chi connectivity index (χ2v) is 6.85. The fourth-order valence-electron chi connectivity index (χ4n) is 2.38. The van der Waals surface area contributed by atoms with E-state index < -0.39 is 10.0 Å². The highest BCUT2D eigenvalue weighted by molar-refractivity contribution is 7.89. The van der Waals surface area contributed by atoms with Crippen molar-refractivity contribution in [1.29, 1.82) is 0 Å². The van der Waals surface area contributed by atoms with Crippen LogP contribution >= 0.6 is 0 Å². The van der Waals surface area contributed by atoms with Crippen molar-refractivity contribution in [3.8, 4) is 0 Å². The molecule has 1 aliphatic heterocycles. The van der Waals surface area contributed by atoms with E-state index in [0.717, 1.165) is 25.8 Å². The lowest BCUT2D eigenvalue weighted by molar-refractivity contribution is 0.0963. The third kappa shape index (κ3) is 4.26. The van der Waals surface area contributed by atoms with Gasteiger partial charge in [0.05, 0.1) is 4.90 Å². The predicted molar refractivity (Wildman–Crippen MR) is 80.7 cm³/mol. The van der Waals surface area contributed by atoms with Crippen LogP contribution in [0.1, 0.15) is 29.6 Å². The van der Waals surface area contributed by atoms with Crippen molar-refractivity contribution >= 4 is 15.9 Å². The van der Waals surface area contributed by atoms with Crippen LogP contribution in [0, 0.1) is 0 Å². The summed E-state index contributed by atoms with van der Waals surface area (Å²) < 4.78 is 26.8. The van der Waals surface area contributed by atoms with Gasteiger partial charge < -0.3 is 10.6 Å². The molecule has 1 saturated heterocycles. The quantitative estimate of drug-likeness (QED) is 0.712. The van der Waals surface area contributed by atoms with Crippen LogP contribution in [0.3, 0.4) is 0 Å². The molecule has 0 unspecified atom stereocenters. The molecule has 0 saturated carbocycles. The van der Waals surface area contributed by atoms with Gasteiger partial charge in [-0.2, -0.15) is 0 Å². The van der Waals surface area contributed by atoms with Crippen molar-refractivity contribution in [2.24, 2.45) is 0 Å². The van der Waals surface area contributed by atoms with E-state index >= 15 is 0 Å². The van der Waals surface area contributed by atoms with Gasteiger partial charge in [0.15, 0.2) is 0 Å². The smallest absolute Gasteiger partial charge is 0.251 e. The second kappa shape index (κ2) is 7.02. The van der Waals surface area contributed by atoms with E-state index in [9.17, 15) is 13.2 Å². The first-order chi connectivity index (χ1) is 10.0. The Morgan fingerprint density at radius 1 is 1.33 bits per heavy atom. The first-order valence-corrected chi connectivity index (χ1v) is 8.56. The summed E-state index contributed by atoms with van der Waals surface area (Å²) in [5, 5.41) is 5.82. The van der Waals surface area contributed by atoms with Gasteiger partial charge >= 0.3 is 0 Å². The van der Waals surface area contributed by atoms with Gasteiger partial charge in [-0.05, 0) is 50.1 Å². The highest BCUT2D eigenvalue weighted by Crippen LogP contribution is 2.12. The Morgan fingerprint density at radius 3 is 2.62 bits per heavy atom. The summed E-state index contributed by atoms with van der Waals surface area (Å²) in [6, 6.07) is 6.31. The number of rotatable bonds is 6. The number of hydrogen-bond acceptors (Lipinski definition) is 4. The van der Waals surface area contributed by atoms with Crippen molar-refractivity contribution in [2.75, 3.05) is 20.1 Å². The summed E-state index contributed by atoms with van der Waals surface area (Å²) >= 11 is 0. The molecule has 1 heterocycles. The number of hydrogen-bond donors (Lipinski definition) is 3. The van der Waals surface area contributed by atoms with Gasteiger partial charge in [-0.1, -0.05) is 0 Å². The Morgan fingerprint density at radius 2 is 2.05 bits per heavy atom. The zero-order valence-electron chi connectivity index (χ0n) is 12.1. The summed E-state index contributed by atoms with van der Waals surface area (Å²) in [6.07, 6.45) is 3.04. The molecule has 2 rings (SSSR count). The molecule has 6 nitrogen and oxygen atoms in total. The second-order valence-electron chi connectivity index (χ2n) is 5.08. The summed E-state index contributed by atoms with van der Waals surface area (Å²) in [5.41, 5.74) is 0.437. The van der Waals surface area contributed by atoms with Crippen LogP contribution in [0.2, 0.25) is 0 Å². The van der Waals surface area contributed by atoms with E-state index in [1.807, 2.05) is 0 Å². The van der Waals surface area contributed by atoms with Gasteiger partial charge in [-0.15, -0.1) is 0 Å². The molecule has 0 radical (unpaired) electrons. The molecule has 7 heteroatoms. The van der Waals surface area contributed by atoms with Gasteiger partial charge in [0.2, 0.25) is 10.0 Å². The molecule has 3 N–H and O–H groups in total. The third-order valence-electron chi connectivity index (χ3n) is 3.60. The van der Waals surface area contributed by atoms with Crippen LogP contribution in [0.5, 0.6) is 0 Å². The number of amides is 1. The number of benzene rings is 1. The maximum atomic E-state index is 12.1. The highest BCUT2D eigenvalue weighted by Gasteiger charge is 2.17. The Labute approximate surface area is 125 Å².